The van der Waals surface area contributed by atoms with E-state index in [1.807, 2.05) is 12.1 Å². The van der Waals surface area contributed by atoms with Gasteiger partial charge in [0.1, 0.15) is 4.99 Å². The van der Waals surface area contributed by atoms with Crippen LogP contribution in [-0.2, 0) is 0 Å². The third-order valence-corrected chi connectivity index (χ3v) is 2.58. The highest BCUT2D eigenvalue weighted by Crippen LogP contribution is 2.08. The Labute approximate surface area is 108 Å². The molecular weight excluding hydrogens is 232 g/mol. The maximum Gasteiger partial charge on any atom is 0.122 e. The van der Waals surface area contributed by atoms with Gasteiger partial charge in [0.25, 0.3) is 0 Å². The summed E-state index contributed by atoms with van der Waals surface area (Å²) >= 11 is 4.89. The molecule has 1 heterocycles. The number of nitrogens with two attached hydrogens (primary N) is 1. The second kappa shape index (κ2) is 7.19. The normalized spacial score (nSPS) is 10.5. The molecule has 0 aromatic carbocycles. The minimum atomic E-state index is 0.334. The molecular formula is C12H20N4S. The summed E-state index contributed by atoms with van der Waals surface area (Å²) in [5, 5.41) is 3.34. The van der Waals surface area contributed by atoms with Crippen molar-refractivity contribution in [2.75, 3.05) is 32.5 Å². The zero-order chi connectivity index (χ0) is 12.7. The first kappa shape index (κ1) is 13.9. The van der Waals surface area contributed by atoms with Crippen LogP contribution in [-0.4, -0.2) is 42.1 Å². The van der Waals surface area contributed by atoms with Crippen molar-refractivity contribution in [1.29, 1.82) is 0 Å². The van der Waals surface area contributed by atoms with Crippen LogP contribution in [0.3, 0.4) is 0 Å². The number of pyridine rings is 1. The number of hydrogen-bond donors (Lipinski definition) is 2. The Morgan fingerprint density at radius 1 is 1.47 bits per heavy atom. The molecule has 0 aliphatic rings. The van der Waals surface area contributed by atoms with Crippen molar-refractivity contribution in [3.63, 3.8) is 0 Å². The molecule has 94 valence electrons. The van der Waals surface area contributed by atoms with Gasteiger partial charge in [0.2, 0.25) is 0 Å². The quantitative estimate of drug-likeness (QED) is 0.568. The standard InChI is InChI=1S/C12H20N4S/c1-16(2)8-4-3-6-14-10-5-7-15-11(9-10)12(13)17/h5,7,9H,3-4,6,8H2,1-2H3,(H2,13,17)(H,14,15). The molecule has 0 aliphatic heterocycles. The largest absolute Gasteiger partial charge is 0.388 e. The van der Waals surface area contributed by atoms with Crippen LogP contribution in [0.25, 0.3) is 0 Å². The van der Waals surface area contributed by atoms with Gasteiger partial charge in [-0.25, -0.2) is 0 Å². The fraction of sp³-hybridized carbons (Fsp3) is 0.500. The lowest BCUT2D eigenvalue weighted by Gasteiger charge is -2.10. The molecule has 0 radical (unpaired) electrons. The third-order valence-electron chi connectivity index (χ3n) is 2.37. The lowest BCUT2D eigenvalue weighted by molar-refractivity contribution is 0.396. The molecule has 0 spiro atoms. The second-order valence-corrected chi connectivity index (χ2v) is 4.67. The van der Waals surface area contributed by atoms with Gasteiger partial charge in [0.05, 0.1) is 5.69 Å². The first-order chi connectivity index (χ1) is 8.09. The lowest BCUT2D eigenvalue weighted by atomic mass is 10.2. The van der Waals surface area contributed by atoms with E-state index in [0.717, 1.165) is 25.2 Å². The van der Waals surface area contributed by atoms with Crippen molar-refractivity contribution in [3.05, 3.63) is 24.0 Å². The minimum absolute atomic E-state index is 0.334. The number of anilines is 1. The van der Waals surface area contributed by atoms with Crippen LogP contribution in [0.15, 0.2) is 18.3 Å². The van der Waals surface area contributed by atoms with E-state index in [1.54, 1.807) is 6.20 Å². The van der Waals surface area contributed by atoms with Crippen LogP contribution in [0.1, 0.15) is 18.5 Å². The fourth-order valence-corrected chi connectivity index (χ4v) is 1.57. The van der Waals surface area contributed by atoms with E-state index in [1.165, 1.54) is 6.42 Å². The van der Waals surface area contributed by atoms with E-state index in [0.29, 0.717) is 10.7 Å². The molecule has 0 fully saturated rings. The molecule has 1 rings (SSSR count). The minimum Gasteiger partial charge on any atom is -0.388 e. The SMILES string of the molecule is CN(C)CCCCNc1ccnc(C(N)=S)c1. The molecule has 0 atom stereocenters. The van der Waals surface area contributed by atoms with Crippen molar-refractivity contribution in [3.8, 4) is 0 Å². The molecule has 0 saturated heterocycles. The van der Waals surface area contributed by atoms with E-state index in [9.17, 15) is 0 Å². The highest BCUT2D eigenvalue weighted by Gasteiger charge is 1.99. The van der Waals surface area contributed by atoms with E-state index in [-0.39, 0.29) is 0 Å². The first-order valence-electron chi connectivity index (χ1n) is 5.74. The van der Waals surface area contributed by atoms with Gasteiger partial charge in [0.15, 0.2) is 0 Å². The Morgan fingerprint density at radius 3 is 2.88 bits per heavy atom. The molecule has 0 amide bonds. The molecule has 0 bridgehead atoms. The molecule has 0 saturated carbocycles. The average molecular weight is 252 g/mol. The van der Waals surface area contributed by atoms with Crippen LogP contribution >= 0.6 is 12.2 Å². The van der Waals surface area contributed by atoms with Gasteiger partial charge in [-0.3, -0.25) is 4.98 Å². The smallest absolute Gasteiger partial charge is 0.122 e. The second-order valence-electron chi connectivity index (χ2n) is 4.23. The van der Waals surface area contributed by atoms with Gasteiger partial charge in [-0.1, -0.05) is 12.2 Å². The summed E-state index contributed by atoms with van der Waals surface area (Å²) in [6, 6.07) is 3.81. The van der Waals surface area contributed by atoms with Gasteiger partial charge in [-0.15, -0.1) is 0 Å². The van der Waals surface area contributed by atoms with Gasteiger partial charge >= 0.3 is 0 Å². The van der Waals surface area contributed by atoms with Crippen LogP contribution < -0.4 is 11.1 Å². The monoisotopic (exact) mass is 252 g/mol. The fourth-order valence-electron chi connectivity index (χ4n) is 1.46. The Balaban J connectivity index is 2.31. The molecule has 0 aliphatic carbocycles. The predicted molar refractivity (Wildman–Crippen MR) is 76.4 cm³/mol. The molecule has 0 unspecified atom stereocenters. The van der Waals surface area contributed by atoms with Gasteiger partial charge < -0.3 is 16.0 Å². The predicted octanol–water partition coefficient (Wildman–Crippen LogP) is 1.47. The molecule has 5 heteroatoms. The van der Waals surface area contributed by atoms with Crippen molar-refractivity contribution < 1.29 is 0 Å². The first-order valence-corrected chi connectivity index (χ1v) is 6.15. The van der Waals surface area contributed by atoms with Crippen LogP contribution in [0, 0.1) is 0 Å². The van der Waals surface area contributed by atoms with Crippen LogP contribution in [0.2, 0.25) is 0 Å². The number of nitrogens with one attached hydrogen (secondary N) is 1. The lowest BCUT2D eigenvalue weighted by Crippen LogP contribution is -2.14. The van der Waals surface area contributed by atoms with Gasteiger partial charge in [-0.2, -0.15) is 0 Å². The number of thiocarbonyl (C=S) groups is 1. The van der Waals surface area contributed by atoms with E-state index in [4.69, 9.17) is 18.0 Å². The summed E-state index contributed by atoms with van der Waals surface area (Å²) in [6.07, 6.45) is 4.05. The van der Waals surface area contributed by atoms with E-state index < -0.39 is 0 Å². The van der Waals surface area contributed by atoms with E-state index >= 15 is 0 Å². The third kappa shape index (κ3) is 5.60. The molecule has 1 aromatic rings. The van der Waals surface area contributed by atoms with Crippen LogP contribution in [0.5, 0.6) is 0 Å². The van der Waals surface area contributed by atoms with Crippen LogP contribution in [0.4, 0.5) is 5.69 Å². The number of nitrogens with zero attached hydrogens (tertiary/aromatic N) is 2. The molecule has 1 aromatic heterocycles. The molecule has 17 heavy (non-hydrogen) atoms. The summed E-state index contributed by atoms with van der Waals surface area (Å²) in [4.78, 5) is 6.62. The maximum atomic E-state index is 5.53. The highest BCUT2D eigenvalue weighted by molar-refractivity contribution is 7.80. The molecule has 4 nitrogen and oxygen atoms in total. The Hall–Kier alpha value is -1.20. The average Bonchev–Trinajstić information content (AvgIpc) is 2.28. The topological polar surface area (TPSA) is 54.2 Å². The Morgan fingerprint density at radius 2 is 2.24 bits per heavy atom. The number of aromatic nitrogens is 1. The van der Waals surface area contributed by atoms with Crippen molar-refractivity contribution in [2.45, 2.75) is 12.8 Å². The highest BCUT2D eigenvalue weighted by atomic mass is 32.1. The van der Waals surface area contributed by atoms with Gasteiger partial charge in [0, 0.05) is 18.4 Å². The maximum absolute atomic E-state index is 5.53. The zero-order valence-corrected chi connectivity index (χ0v) is 11.3. The summed E-state index contributed by atoms with van der Waals surface area (Å²) in [6.45, 7) is 2.07. The summed E-state index contributed by atoms with van der Waals surface area (Å²) in [5.41, 5.74) is 7.21. The Bertz CT molecular complexity index is 365. The van der Waals surface area contributed by atoms with Crippen molar-refractivity contribution >= 4 is 22.9 Å². The van der Waals surface area contributed by atoms with E-state index in [2.05, 4.69) is 29.3 Å². The number of unbranched alkanes of at least 4 members (excludes halogenated alkanes) is 1. The van der Waals surface area contributed by atoms with Crippen molar-refractivity contribution in [1.82, 2.24) is 9.88 Å². The zero-order valence-electron chi connectivity index (χ0n) is 10.4. The number of hydrogen-bond acceptors (Lipinski definition) is 4. The summed E-state index contributed by atoms with van der Waals surface area (Å²) in [7, 11) is 4.18. The molecule has 3 N–H and O–H groups in total. The van der Waals surface area contributed by atoms with Gasteiger partial charge in [-0.05, 0) is 45.6 Å². The summed E-state index contributed by atoms with van der Waals surface area (Å²) in [5.74, 6) is 0. The summed E-state index contributed by atoms with van der Waals surface area (Å²) < 4.78 is 0. The van der Waals surface area contributed by atoms with Crippen molar-refractivity contribution in [2.24, 2.45) is 5.73 Å². The number of rotatable bonds is 7. The Kier molecular flexibility index (Phi) is 5.86.